The van der Waals surface area contributed by atoms with Gasteiger partial charge in [0.1, 0.15) is 0 Å². The fourth-order valence-electron chi connectivity index (χ4n) is 2.73. The van der Waals surface area contributed by atoms with E-state index >= 15 is 0 Å². The molecule has 1 aromatic carbocycles. The largest absolute Gasteiger partial charge is 0.493 e. The third kappa shape index (κ3) is 5.50. The molecule has 0 saturated carbocycles. The Balaban J connectivity index is 1.84. The van der Waals surface area contributed by atoms with E-state index < -0.39 is 10.0 Å². The van der Waals surface area contributed by atoms with Crippen molar-refractivity contribution in [2.75, 3.05) is 40.1 Å². The Bertz CT molecular complexity index is 721. The van der Waals surface area contributed by atoms with Crippen LogP contribution in [0, 0.1) is 5.92 Å². The van der Waals surface area contributed by atoms with Crippen LogP contribution in [0.1, 0.15) is 12.0 Å². The molecule has 0 radical (unpaired) electrons. The zero-order chi connectivity index (χ0) is 18.4. The van der Waals surface area contributed by atoms with Crippen LogP contribution in [0.4, 0.5) is 0 Å². The maximum atomic E-state index is 11.5. The fourth-order valence-corrected chi connectivity index (χ4v) is 3.64. The van der Waals surface area contributed by atoms with Gasteiger partial charge in [0.2, 0.25) is 10.0 Å². The highest BCUT2D eigenvalue weighted by Gasteiger charge is 2.28. The maximum Gasteiger partial charge on any atom is 0.211 e. The highest BCUT2D eigenvalue weighted by atomic mass is 32.2. The number of nitrogens with two attached hydrogens (primary N) is 1. The van der Waals surface area contributed by atoms with Crippen LogP contribution >= 0.6 is 0 Å². The Labute approximate surface area is 149 Å². The molecule has 9 heteroatoms. The maximum absolute atomic E-state index is 11.5. The standard InChI is InChI=1S/C16H26N4O4S/c1-23-14-5-4-12(8-15(14)24-2)9-18-16(17)19-10-13-6-7-20(11-13)25(3,21)22/h4-5,8,13H,6-7,9-11H2,1-3H3,(H3,17,18,19). The smallest absolute Gasteiger partial charge is 0.211 e. The van der Waals surface area contributed by atoms with Crippen molar-refractivity contribution >= 4 is 16.0 Å². The first-order chi connectivity index (χ1) is 11.8. The number of guanidine groups is 1. The molecule has 0 aliphatic carbocycles. The van der Waals surface area contributed by atoms with Crippen molar-refractivity contribution in [1.82, 2.24) is 9.62 Å². The van der Waals surface area contributed by atoms with Crippen LogP contribution < -0.4 is 20.5 Å². The molecular formula is C16H26N4O4S. The summed E-state index contributed by atoms with van der Waals surface area (Å²) in [5, 5.41) is 3.07. The topological polar surface area (TPSA) is 106 Å². The van der Waals surface area contributed by atoms with Crippen LogP contribution in [0.3, 0.4) is 0 Å². The lowest BCUT2D eigenvalue weighted by atomic mass is 10.1. The number of nitrogens with one attached hydrogen (secondary N) is 1. The Morgan fingerprint density at radius 3 is 2.68 bits per heavy atom. The molecule has 140 valence electrons. The molecule has 1 aromatic rings. The first kappa shape index (κ1) is 19.3. The van der Waals surface area contributed by atoms with Crippen molar-refractivity contribution in [1.29, 1.82) is 0 Å². The molecule has 2 rings (SSSR count). The van der Waals surface area contributed by atoms with Crippen molar-refractivity contribution < 1.29 is 17.9 Å². The zero-order valence-corrected chi connectivity index (χ0v) is 15.7. The summed E-state index contributed by atoms with van der Waals surface area (Å²) in [5.41, 5.74) is 6.85. The lowest BCUT2D eigenvalue weighted by Crippen LogP contribution is -2.36. The second-order valence-electron chi connectivity index (χ2n) is 6.05. The minimum Gasteiger partial charge on any atom is -0.493 e. The summed E-state index contributed by atoms with van der Waals surface area (Å²) >= 11 is 0. The second-order valence-corrected chi connectivity index (χ2v) is 8.03. The van der Waals surface area contributed by atoms with E-state index in [1.54, 1.807) is 14.2 Å². The quantitative estimate of drug-likeness (QED) is 0.531. The molecule has 1 saturated heterocycles. The van der Waals surface area contributed by atoms with Crippen LogP contribution in [0.5, 0.6) is 11.5 Å². The van der Waals surface area contributed by atoms with Gasteiger partial charge >= 0.3 is 0 Å². The number of aliphatic imine (C=N–C) groups is 1. The van der Waals surface area contributed by atoms with E-state index in [-0.39, 0.29) is 5.92 Å². The molecule has 1 aliphatic heterocycles. The molecule has 1 unspecified atom stereocenters. The van der Waals surface area contributed by atoms with Crippen molar-refractivity contribution in [3.05, 3.63) is 23.8 Å². The average Bonchev–Trinajstić information content (AvgIpc) is 3.07. The average molecular weight is 370 g/mol. The van der Waals surface area contributed by atoms with Gasteiger partial charge in [-0.15, -0.1) is 0 Å². The van der Waals surface area contributed by atoms with Gasteiger partial charge in [0, 0.05) is 19.6 Å². The number of hydrogen-bond acceptors (Lipinski definition) is 5. The Hall–Kier alpha value is -2.00. The molecule has 0 amide bonds. The molecule has 1 heterocycles. The molecule has 0 aromatic heterocycles. The van der Waals surface area contributed by atoms with E-state index in [4.69, 9.17) is 15.2 Å². The molecule has 0 bridgehead atoms. The zero-order valence-electron chi connectivity index (χ0n) is 14.9. The monoisotopic (exact) mass is 370 g/mol. The van der Waals surface area contributed by atoms with Crippen LogP contribution in [0.2, 0.25) is 0 Å². The van der Waals surface area contributed by atoms with E-state index in [2.05, 4.69) is 10.3 Å². The lowest BCUT2D eigenvalue weighted by molar-refractivity contribution is 0.354. The van der Waals surface area contributed by atoms with E-state index in [0.717, 1.165) is 12.0 Å². The number of hydrogen-bond donors (Lipinski definition) is 2. The minimum absolute atomic E-state index is 0.240. The predicted molar refractivity (Wildman–Crippen MR) is 97.4 cm³/mol. The number of benzene rings is 1. The van der Waals surface area contributed by atoms with Crippen molar-refractivity contribution in [2.45, 2.75) is 13.0 Å². The summed E-state index contributed by atoms with van der Waals surface area (Å²) in [5.74, 6) is 1.89. The number of rotatable bonds is 7. The normalized spacial score (nSPS) is 19.0. The number of ether oxygens (including phenoxy) is 2. The van der Waals surface area contributed by atoms with Crippen LogP contribution in [-0.2, 0) is 16.6 Å². The summed E-state index contributed by atoms with van der Waals surface area (Å²) in [6, 6.07) is 5.58. The Morgan fingerprint density at radius 2 is 2.08 bits per heavy atom. The first-order valence-electron chi connectivity index (χ1n) is 8.03. The SMILES string of the molecule is COc1ccc(CN=C(N)NCC2CCN(S(C)(=O)=O)C2)cc1OC. The summed E-state index contributed by atoms with van der Waals surface area (Å²) < 4.78 is 35.0. The molecule has 8 nitrogen and oxygen atoms in total. The Kier molecular flexibility index (Phi) is 6.49. The van der Waals surface area contributed by atoms with Crippen LogP contribution in [-0.4, -0.2) is 58.8 Å². The molecule has 0 spiro atoms. The van der Waals surface area contributed by atoms with Gasteiger partial charge in [0.25, 0.3) is 0 Å². The van der Waals surface area contributed by atoms with Gasteiger partial charge in [0.05, 0.1) is 27.0 Å². The van der Waals surface area contributed by atoms with Gasteiger partial charge in [-0.05, 0) is 30.0 Å². The number of methoxy groups -OCH3 is 2. The van der Waals surface area contributed by atoms with Crippen molar-refractivity contribution in [3.63, 3.8) is 0 Å². The van der Waals surface area contributed by atoms with E-state index in [0.29, 0.717) is 43.6 Å². The van der Waals surface area contributed by atoms with Crippen LogP contribution in [0.15, 0.2) is 23.2 Å². The summed E-state index contributed by atoms with van der Waals surface area (Å²) in [4.78, 5) is 4.31. The van der Waals surface area contributed by atoms with Gasteiger partial charge in [-0.1, -0.05) is 6.07 Å². The van der Waals surface area contributed by atoms with E-state index in [9.17, 15) is 8.42 Å². The third-order valence-corrected chi connectivity index (χ3v) is 5.44. The van der Waals surface area contributed by atoms with Gasteiger partial charge in [-0.3, -0.25) is 0 Å². The van der Waals surface area contributed by atoms with Crippen molar-refractivity contribution in [2.24, 2.45) is 16.6 Å². The van der Waals surface area contributed by atoms with Gasteiger partial charge < -0.3 is 20.5 Å². The molecule has 3 N–H and O–H groups in total. The molecule has 25 heavy (non-hydrogen) atoms. The highest BCUT2D eigenvalue weighted by Crippen LogP contribution is 2.27. The van der Waals surface area contributed by atoms with Gasteiger partial charge in [-0.2, -0.15) is 0 Å². The summed E-state index contributed by atoms with van der Waals surface area (Å²) in [6.45, 7) is 2.11. The second kappa shape index (κ2) is 8.39. The lowest BCUT2D eigenvalue weighted by Gasteiger charge is -2.14. The summed E-state index contributed by atoms with van der Waals surface area (Å²) in [6.07, 6.45) is 2.06. The first-order valence-corrected chi connectivity index (χ1v) is 9.88. The third-order valence-electron chi connectivity index (χ3n) is 4.17. The molecule has 1 atom stereocenters. The Morgan fingerprint density at radius 1 is 1.36 bits per heavy atom. The van der Waals surface area contributed by atoms with Gasteiger partial charge in [0.15, 0.2) is 17.5 Å². The predicted octanol–water partition coefficient (Wildman–Crippen LogP) is 0.390. The number of nitrogens with zero attached hydrogens (tertiary/aromatic N) is 2. The number of sulfonamides is 1. The molecule has 1 aliphatic rings. The molecule has 1 fully saturated rings. The fraction of sp³-hybridized carbons (Fsp3) is 0.562. The van der Waals surface area contributed by atoms with Crippen LogP contribution in [0.25, 0.3) is 0 Å². The molecular weight excluding hydrogens is 344 g/mol. The van der Waals surface area contributed by atoms with Crippen molar-refractivity contribution in [3.8, 4) is 11.5 Å². The van der Waals surface area contributed by atoms with Gasteiger partial charge in [-0.25, -0.2) is 17.7 Å². The highest BCUT2D eigenvalue weighted by molar-refractivity contribution is 7.88. The minimum atomic E-state index is -3.11. The van der Waals surface area contributed by atoms with E-state index in [1.807, 2.05) is 18.2 Å². The summed E-state index contributed by atoms with van der Waals surface area (Å²) in [7, 11) is 0.0636. The van der Waals surface area contributed by atoms with E-state index in [1.165, 1.54) is 10.6 Å².